The Morgan fingerprint density at radius 1 is 1.50 bits per heavy atom. The van der Waals surface area contributed by atoms with Crippen LogP contribution in [0.4, 0.5) is 0 Å². The van der Waals surface area contributed by atoms with E-state index < -0.39 is 0 Å². The molecule has 1 atom stereocenters. The third-order valence-electron chi connectivity index (χ3n) is 2.14. The molecule has 0 fully saturated rings. The molecule has 0 saturated heterocycles. The smallest absolute Gasteiger partial charge is 0.0921 e. The number of aliphatic hydroxyl groups is 1. The van der Waals surface area contributed by atoms with Crippen molar-refractivity contribution >= 4 is 0 Å². The average Bonchev–Trinajstić information content (AvgIpc) is 2.02. The molecule has 0 aliphatic rings. The molecule has 0 aliphatic heterocycles. The fourth-order valence-electron chi connectivity index (χ4n) is 0.732. The van der Waals surface area contributed by atoms with Gasteiger partial charge in [0.15, 0.2) is 0 Å². The maximum absolute atomic E-state index is 9.10. The van der Waals surface area contributed by atoms with Gasteiger partial charge in [-0.25, -0.2) is 0 Å². The Hall–Kier alpha value is -0.920. The summed E-state index contributed by atoms with van der Waals surface area (Å²) >= 11 is 0. The molecular formula is C10H19NO. The van der Waals surface area contributed by atoms with Crippen LogP contribution >= 0.6 is 0 Å². The molecule has 2 nitrogen and oxygen atoms in total. The van der Waals surface area contributed by atoms with Crippen molar-refractivity contribution in [3.63, 3.8) is 0 Å². The van der Waals surface area contributed by atoms with Crippen LogP contribution in [-0.2, 0) is 0 Å². The zero-order valence-electron chi connectivity index (χ0n) is 8.39. The van der Waals surface area contributed by atoms with E-state index in [0.717, 1.165) is 17.7 Å². The molecule has 0 aliphatic carbocycles. The van der Waals surface area contributed by atoms with Crippen LogP contribution in [0, 0.1) is 5.92 Å². The molecule has 0 rings (SSSR count). The summed E-state index contributed by atoms with van der Waals surface area (Å²) in [7, 11) is 0. The van der Waals surface area contributed by atoms with Crippen molar-refractivity contribution in [2.75, 3.05) is 0 Å². The SMILES string of the molecule is CCC(C)/C(N)=C\C(C)=C(/C)O. The summed E-state index contributed by atoms with van der Waals surface area (Å²) in [5.41, 5.74) is 7.46. The summed E-state index contributed by atoms with van der Waals surface area (Å²) in [5.74, 6) is 0.723. The van der Waals surface area contributed by atoms with Gasteiger partial charge in [-0.1, -0.05) is 13.8 Å². The molecule has 0 saturated carbocycles. The van der Waals surface area contributed by atoms with Crippen LogP contribution in [0.15, 0.2) is 23.1 Å². The van der Waals surface area contributed by atoms with Gasteiger partial charge in [-0.2, -0.15) is 0 Å². The maximum Gasteiger partial charge on any atom is 0.0921 e. The van der Waals surface area contributed by atoms with Crippen LogP contribution in [-0.4, -0.2) is 5.11 Å². The first-order valence-electron chi connectivity index (χ1n) is 4.32. The van der Waals surface area contributed by atoms with Gasteiger partial charge in [0, 0.05) is 5.70 Å². The first-order chi connectivity index (χ1) is 5.49. The van der Waals surface area contributed by atoms with Gasteiger partial charge in [0.05, 0.1) is 5.76 Å². The Kier molecular flexibility index (Phi) is 4.49. The van der Waals surface area contributed by atoms with E-state index in [1.807, 2.05) is 13.0 Å². The summed E-state index contributed by atoms with van der Waals surface area (Å²) in [6.07, 6.45) is 2.86. The lowest BCUT2D eigenvalue weighted by Gasteiger charge is -2.08. The molecule has 0 aromatic heterocycles. The number of rotatable bonds is 3. The Bertz CT molecular complexity index is 200. The minimum Gasteiger partial charge on any atom is -0.512 e. The van der Waals surface area contributed by atoms with Gasteiger partial charge >= 0.3 is 0 Å². The van der Waals surface area contributed by atoms with Crippen molar-refractivity contribution in [1.29, 1.82) is 0 Å². The molecule has 0 radical (unpaired) electrons. The molecule has 0 aromatic carbocycles. The van der Waals surface area contributed by atoms with Crippen LogP contribution in [0.25, 0.3) is 0 Å². The van der Waals surface area contributed by atoms with Crippen LogP contribution in [0.2, 0.25) is 0 Å². The highest BCUT2D eigenvalue weighted by Gasteiger charge is 2.01. The zero-order chi connectivity index (χ0) is 9.72. The van der Waals surface area contributed by atoms with Crippen LogP contribution in [0.1, 0.15) is 34.1 Å². The lowest BCUT2D eigenvalue weighted by molar-refractivity contribution is 0.409. The third kappa shape index (κ3) is 3.46. The summed E-state index contributed by atoms with van der Waals surface area (Å²) in [5, 5.41) is 9.10. The van der Waals surface area contributed by atoms with Crippen LogP contribution in [0.5, 0.6) is 0 Å². The largest absolute Gasteiger partial charge is 0.512 e. The molecule has 0 spiro atoms. The molecule has 70 valence electrons. The predicted molar refractivity (Wildman–Crippen MR) is 52.7 cm³/mol. The van der Waals surface area contributed by atoms with Crippen molar-refractivity contribution in [2.24, 2.45) is 11.7 Å². The van der Waals surface area contributed by atoms with Crippen molar-refractivity contribution < 1.29 is 5.11 Å². The number of nitrogens with two attached hydrogens (primary N) is 1. The quantitative estimate of drug-likeness (QED) is 0.504. The van der Waals surface area contributed by atoms with Crippen molar-refractivity contribution in [3.05, 3.63) is 23.1 Å². The van der Waals surface area contributed by atoms with Gasteiger partial charge in [-0.15, -0.1) is 0 Å². The molecule has 0 heterocycles. The number of hydrogen-bond donors (Lipinski definition) is 2. The molecular weight excluding hydrogens is 150 g/mol. The van der Waals surface area contributed by atoms with Gasteiger partial charge < -0.3 is 10.8 Å². The average molecular weight is 169 g/mol. The highest BCUT2D eigenvalue weighted by molar-refractivity contribution is 5.22. The van der Waals surface area contributed by atoms with E-state index in [-0.39, 0.29) is 0 Å². The van der Waals surface area contributed by atoms with Crippen molar-refractivity contribution in [3.8, 4) is 0 Å². The van der Waals surface area contributed by atoms with Crippen molar-refractivity contribution in [1.82, 2.24) is 0 Å². The highest BCUT2D eigenvalue weighted by atomic mass is 16.3. The van der Waals surface area contributed by atoms with E-state index >= 15 is 0 Å². The molecule has 12 heavy (non-hydrogen) atoms. The lowest BCUT2D eigenvalue weighted by atomic mass is 10.0. The minimum atomic E-state index is 0.334. The van der Waals surface area contributed by atoms with Crippen LogP contribution < -0.4 is 5.73 Å². The summed E-state index contributed by atoms with van der Waals surface area (Å²) in [6, 6.07) is 0. The predicted octanol–water partition coefficient (Wildman–Crippen LogP) is 2.73. The number of aliphatic hydroxyl groups excluding tert-OH is 1. The minimum absolute atomic E-state index is 0.334. The molecule has 0 amide bonds. The molecule has 2 heteroatoms. The van der Waals surface area contributed by atoms with Gasteiger partial charge in [-0.05, 0) is 37.8 Å². The summed E-state index contributed by atoms with van der Waals surface area (Å²) in [4.78, 5) is 0. The Morgan fingerprint density at radius 3 is 2.33 bits per heavy atom. The lowest BCUT2D eigenvalue weighted by Crippen LogP contribution is -2.07. The van der Waals surface area contributed by atoms with Gasteiger partial charge in [-0.3, -0.25) is 0 Å². The summed E-state index contributed by atoms with van der Waals surface area (Å²) < 4.78 is 0. The molecule has 0 bridgehead atoms. The standard InChI is InChI=1S/C10H19NO/c1-5-7(2)10(11)6-8(3)9(4)12/h6-7,12H,5,11H2,1-4H3/b9-8+,10-6+. The Labute approximate surface area is 74.8 Å². The van der Waals surface area contributed by atoms with Gasteiger partial charge in [0.1, 0.15) is 0 Å². The normalized spacial score (nSPS) is 17.2. The Balaban J connectivity index is 4.46. The van der Waals surface area contributed by atoms with E-state index in [4.69, 9.17) is 10.8 Å². The monoisotopic (exact) mass is 169 g/mol. The Morgan fingerprint density at radius 2 is 2.00 bits per heavy atom. The van der Waals surface area contributed by atoms with E-state index in [0.29, 0.717) is 11.7 Å². The van der Waals surface area contributed by atoms with Crippen LogP contribution in [0.3, 0.4) is 0 Å². The fourth-order valence-corrected chi connectivity index (χ4v) is 0.732. The van der Waals surface area contributed by atoms with E-state index in [2.05, 4.69) is 13.8 Å². The molecule has 3 N–H and O–H groups in total. The fraction of sp³-hybridized carbons (Fsp3) is 0.600. The van der Waals surface area contributed by atoms with E-state index in [9.17, 15) is 0 Å². The van der Waals surface area contributed by atoms with Gasteiger partial charge in [0.2, 0.25) is 0 Å². The van der Waals surface area contributed by atoms with E-state index in [1.165, 1.54) is 0 Å². The van der Waals surface area contributed by atoms with Gasteiger partial charge in [0.25, 0.3) is 0 Å². The molecule has 0 aromatic rings. The first-order valence-corrected chi connectivity index (χ1v) is 4.32. The van der Waals surface area contributed by atoms with Crippen molar-refractivity contribution in [2.45, 2.75) is 34.1 Å². The number of allylic oxidation sites excluding steroid dienone is 4. The first kappa shape index (κ1) is 11.1. The third-order valence-corrected chi connectivity index (χ3v) is 2.14. The second kappa shape index (κ2) is 4.86. The highest BCUT2D eigenvalue weighted by Crippen LogP contribution is 2.12. The maximum atomic E-state index is 9.10. The second-order valence-electron chi connectivity index (χ2n) is 3.22. The second-order valence-corrected chi connectivity index (χ2v) is 3.22. The van der Waals surface area contributed by atoms with E-state index in [1.54, 1.807) is 6.92 Å². The number of hydrogen-bond acceptors (Lipinski definition) is 2. The molecule has 1 unspecified atom stereocenters. The summed E-state index contributed by atoms with van der Waals surface area (Å²) in [6.45, 7) is 7.68. The zero-order valence-corrected chi connectivity index (χ0v) is 8.39. The topological polar surface area (TPSA) is 46.2 Å².